The van der Waals surface area contributed by atoms with Crippen LogP contribution in [0, 0.1) is 11.6 Å². The molecule has 6 rings (SSSR count). The first-order valence-corrected chi connectivity index (χ1v) is 11.4. The second-order valence-corrected chi connectivity index (χ2v) is 8.63. The Hall–Kier alpha value is -3.78. The third-order valence-electron chi connectivity index (χ3n) is 6.26. The van der Waals surface area contributed by atoms with Gasteiger partial charge in [-0.1, -0.05) is 12.1 Å². The number of pyridine rings is 2. The van der Waals surface area contributed by atoms with Crippen LogP contribution in [0.1, 0.15) is 36.4 Å². The number of nitrogens with zero attached hydrogens (tertiary/aromatic N) is 4. The number of anilines is 2. The molecule has 1 aliphatic heterocycles. The summed E-state index contributed by atoms with van der Waals surface area (Å²) in [6, 6.07) is 7.22. The zero-order valence-corrected chi connectivity index (χ0v) is 18.4. The van der Waals surface area contributed by atoms with Crippen LogP contribution in [0.2, 0.25) is 0 Å². The first-order valence-electron chi connectivity index (χ1n) is 11.4. The predicted octanol–water partition coefficient (Wildman–Crippen LogP) is 5.36. The van der Waals surface area contributed by atoms with Gasteiger partial charge in [0.15, 0.2) is 5.82 Å². The van der Waals surface area contributed by atoms with Gasteiger partial charge >= 0.3 is 0 Å². The maximum Gasteiger partial charge on any atom is 0.160 e. The first kappa shape index (κ1) is 20.8. The Morgan fingerprint density at radius 1 is 1.03 bits per heavy atom. The van der Waals surface area contributed by atoms with E-state index in [0.717, 1.165) is 48.9 Å². The van der Waals surface area contributed by atoms with Crippen LogP contribution in [0.15, 0.2) is 55.0 Å². The molecular formula is C26H22F2N6. The zero-order valence-electron chi connectivity index (χ0n) is 18.4. The summed E-state index contributed by atoms with van der Waals surface area (Å²) >= 11 is 0. The van der Waals surface area contributed by atoms with Gasteiger partial charge in [-0.05, 0) is 67.1 Å². The molecule has 2 N–H and O–H groups in total. The molecule has 8 heteroatoms. The topological polar surface area (TPSA) is 75.6 Å². The van der Waals surface area contributed by atoms with E-state index in [1.807, 2.05) is 6.20 Å². The lowest BCUT2D eigenvalue weighted by atomic mass is 9.97. The van der Waals surface area contributed by atoms with E-state index in [9.17, 15) is 8.78 Å². The van der Waals surface area contributed by atoms with Crippen molar-refractivity contribution in [2.24, 2.45) is 0 Å². The molecule has 0 radical (unpaired) electrons. The molecule has 0 atom stereocenters. The predicted molar refractivity (Wildman–Crippen MR) is 128 cm³/mol. The number of benzene rings is 1. The van der Waals surface area contributed by atoms with Crippen LogP contribution in [-0.2, 0) is 0 Å². The Morgan fingerprint density at radius 3 is 2.65 bits per heavy atom. The monoisotopic (exact) mass is 456 g/mol. The van der Waals surface area contributed by atoms with Crippen LogP contribution >= 0.6 is 0 Å². The van der Waals surface area contributed by atoms with Gasteiger partial charge in [-0.15, -0.1) is 0 Å². The average Bonchev–Trinajstić information content (AvgIpc) is 3.72. The Bertz CT molecular complexity index is 1410. The standard InChI is InChI=1S/C26H22F2N6/c27-19-2-1-3-20(28)25(19)33-22-12-17(8-11-31-22)26-32-21-14-30-13-18(15-4-5-15)23(21)24(34-26)16-6-9-29-10-7-16/h1-3,6,8,11-15,29H,4-5,7,9-10H2,(H,31,33). The summed E-state index contributed by atoms with van der Waals surface area (Å²) in [5.41, 5.74) is 4.61. The second-order valence-electron chi connectivity index (χ2n) is 8.63. The summed E-state index contributed by atoms with van der Waals surface area (Å²) in [6.45, 7) is 1.70. The van der Waals surface area contributed by atoms with Gasteiger partial charge in [0, 0.05) is 29.9 Å². The number of halogens is 2. The molecule has 4 heterocycles. The van der Waals surface area contributed by atoms with Gasteiger partial charge in [0.05, 0.1) is 17.4 Å². The molecule has 34 heavy (non-hydrogen) atoms. The molecule has 0 bridgehead atoms. The Kier molecular flexibility index (Phi) is 5.22. The zero-order chi connectivity index (χ0) is 23.1. The van der Waals surface area contributed by atoms with Gasteiger partial charge in [-0.25, -0.2) is 23.7 Å². The fourth-order valence-corrected chi connectivity index (χ4v) is 4.40. The molecule has 0 spiro atoms. The van der Waals surface area contributed by atoms with Gasteiger partial charge in [-0.2, -0.15) is 0 Å². The van der Waals surface area contributed by atoms with Crippen molar-refractivity contribution in [3.8, 4) is 11.4 Å². The minimum Gasteiger partial charge on any atom is -0.335 e. The summed E-state index contributed by atoms with van der Waals surface area (Å²) in [5, 5.41) is 7.19. The van der Waals surface area contributed by atoms with Crippen molar-refractivity contribution in [1.82, 2.24) is 25.3 Å². The van der Waals surface area contributed by atoms with Crippen molar-refractivity contribution in [1.29, 1.82) is 0 Å². The maximum absolute atomic E-state index is 14.1. The molecule has 6 nitrogen and oxygen atoms in total. The SMILES string of the molecule is Fc1cccc(F)c1Nc1cc(-c2nc(C3=CCNCC3)c3c(C4CC4)cncc3n2)ccn1. The lowest BCUT2D eigenvalue weighted by Gasteiger charge is -2.18. The lowest BCUT2D eigenvalue weighted by Crippen LogP contribution is -2.20. The summed E-state index contributed by atoms with van der Waals surface area (Å²) in [4.78, 5) is 18.5. The number of nitrogens with one attached hydrogen (secondary N) is 2. The quantitative estimate of drug-likeness (QED) is 0.421. The summed E-state index contributed by atoms with van der Waals surface area (Å²) < 4.78 is 28.3. The smallest absolute Gasteiger partial charge is 0.160 e. The van der Waals surface area contributed by atoms with Gasteiger partial charge in [0.2, 0.25) is 0 Å². The molecule has 0 saturated heterocycles. The first-order chi connectivity index (χ1) is 16.7. The van der Waals surface area contributed by atoms with Gasteiger partial charge in [0.1, 0.15) is 23.1 Å². The van der Waals surface area contributed by atoms with Crippen molar-refractivity contribution in [2.75, 3.05) is 18.4 Å². The molecule has 2 aliphatic rings. The molecule has 0 unspecified atom stereocenters. The largest absolute Gasteiger partial charge is 0.335 e. The Labute approximate surface area is 195 Å². The van der Waals surface area contributed by atoms with Crippen LogP contribution < -0.4 is 10.6 Å². The van der Waals surface area contributed by atoms with E-state index in [4.69, 9.17) is 9.97 Å². The number of rotatable bonds is 5. The van der Waals surface area contributed by atoms with Gasteiger partial charge in [-0.3, -0.25) is 4.98 Å². The van der Waals surface area contributed by atoms with Crippen molar-refractivity contribution in [3.63, 3.8) is 0 Å². The van der Waals surface area contributed by atoms with Crippen molar-refractivity contribution >= 4 is 28.0 Å². The molecule has 1 aliphatic carbocycles. The minimum absolute atomic E-state index is 0.245. The molecule has 3 aromatic heterocycles. The van der Waals surface area contributed by atoms with Crippen molar-refractivity contribution in [2.45, 2.75) is 25.2 Å². The van der Waals surface area contributed by atoms with Crippen LogP contribution in [0.3, 0.4) is 0 Å². The highest BCUT2D eigenvalue weighted by molar-refractivity contribution is 5.94. The summed E-state index contributed by atoms with van der Waals surface area (Å²) in [5.74, 6) is -0.0335. The van der Waals surface area contributed by atoms with Crippen LogP contribution in [0.5, 0.6) is 0 Å². The minimum atomic E-state index is -0.687. The fraction of sp³-hybridized carbons (Fsp3) is 0.231. The third-order valence-corrected chi connectivity index (χ3v) is 6.26. The lowest BCUT2D eigenvalue weighted by molar-refractivity contribution is 0.590. The van der Waals surface area contributed by atoms with E-state index in [0.29, 0.717) is 23.1 Å². The molecular weight excluding hydrogens is 434 g/mol. The van der Waals surface area contributed by atoms with Crippen molar-refractivity contribution < 1.29 is 8.78 Å². The Balaban J connectivity index is 1.47. The van der Waals surface area contributed by atoms with Crippen LogP contribution in [0.4, 0.5) is 20.3 Å². The van der Waals surface area contributed by atoms with E-state index in [1.54, 1.807) is 24.5 Å². The third kappa shape index (κ3) is 3.90. The number of hydrogen-bond acceptors (Lipinski definition) is 6. The molecule has 170 valence electrons. The van der Waals surface area contributed by atoms with Crippen molar-refractivity contribution in [3.05, 3.63) is 77.9 Å². The van der Waals surface area contributed by atoms with E-state index in [2.05, 4.69) is 26.7 Å². The Morgan fingerprint density at radius 2 is 1.88 bits per heavy atom. The number of aromatic nitrogens is 4. The molecule has 1 fully saturated rings. The maximum atomic E-state index is 14.1. The van der Waals surface area contributed by atoms with E-state index in [1.165, 1.54) is 29.3 Å². The highest BCUT2D eigenvalue weighted by atomic mass is 19.1. The van der Waals surface area contributed by atoms with E-state index < -0.39 is 11.6 Å². The van der Waals surface area contributed by atoms with Crippen LogP contribution in [0.25, 0.3) is 27.9 Å². The molecule has 1 aromatic carbocycles. The van der Waals surface area contributed by atoms with Crippen LogP contribution in [-0.4, -0.2) is 33.0 Å². The highest BCUT2D eigenvalue weighted by Gasteiger charge is 2.28. The van der Waals surface area contributed by atoms with Gasteiger partial charge in [0.25, 0.3) is 0 Å². The van der Waals surface area contributed by atoms with E-state index in [-0.39, 0.29) is 5.69 Å². The number of para-hydroxylation sites is 1. The van der Waals surface area contributed by atoms with Gasteiger partial charge < -0.3 is 10.6 Å². The summed E-state index contributed by atoms with van der Waals surface area (Å²) in [6.07, 6.45) is 10.7. The fourth-order valence-electron chi connectivity index (χ4n) is 4.40. The second kappa shape index (κ2) is 8.53. The summed E-state index contributed by atoms with van der Waals surface area (Å²) in [7, 11) is 0. The number of hydrogen-bond donors (Lipinski definition) is 2. The molecule has 4 aromatic rings. The molecule has 1 saturated carbocycles. The highest BCUT2D eigenvalue weighted by Crippen LogP contribution is 2.44. The molecule has 0 amide bonds. The average molecular weight is 457 g/mol. The van der Waals surface area contributed by atoms with E-state index >= 15 is 0 Å². The normalized spacial score (nSPS) is 15.9. The number of fused-ring (bicyclic) bond motifs is 1.